The van der Waals surface area contributed by atoms with E-state index < -0.39 is 0 Å². The fraction of sp³-hybridized carbons (Fsp3) is 0.0833. The second-order valence-electron chi connectivity index (χ2n) is 6.83. The number of amidine groups is 1. The van der Waals surface area contributed by atoms with E-state index >= 15 is 0 Å². The van der Waals surface area contributed by atoms with Crippen molar-refractivity contribution in [2.75, 3.05) is 5.43 Å². The topological polar surface area (TPSA) is 94.0 Å². The average molecular weight is 401 g/mol. The highest BCUT2D eigenvalue weighted by atomic mass is 16.3. The van der Waals surface area contributed by atoms with Gasteiger partial charge in [0, 0.05) is 0 Å². The van der Waals surface area contributed by atoms with Crippen LogP contribution in [0.5, 0.6) is 11.5 Å². The van der Waals surface area contributed by atoms with E-state index in [-0.39, 0.29) is 28.8 Å². The number of phenols is 2. The summed E-state index contributed by atoms with van der Waals surface area (Å²) < 4.78 is 0. The van der Waals surface area contributed by atoms with Crippen LogP contribution in [0.2, 0.25) is 0 Å². The number of para-hydroxylation sites is 1. The number of carbonyl (C=O) groups excluding carboxylic acids is 1. The first-order valence-corrected chi connectivity index (χ1v) is 9.40. The lowest BCUT2D eigenvalue weighted by atomic mass is 10.1. The molecule has 152 valence electrons. The number of aliphatic imine (C=N–C) groups is 1. The number of rotatable bonds is 6. The van der Waals surface area contributed by atoms with Crippen LogP contribution >= 0.6 is 0 Å². The molecule has 0 aliphatic carbocycles. The van der Waals surface area contributed by atoms with Gasteiger partial charge in [0.1, 0.15) is 17.2 Å². The Morgan fingerprint density at radius 3 is 2.03 bits per heavy atom. The molecule has 0 aromatic heterocycles. The van der Waals surface area contributed by atoms with E-state index in [1.165, 1.54) is 24.3 Å². The number of hydrogen-bond donors (Lipinski definition) is 4. The van der Waals surface area contributed by atoms with Crippen LogP contribution in [0.1, 0.15) is 16.7 Å². The van der Waals surface area contributed by atoms with Crippen molar-refractivity contribution in [1.82, 2.24) is 5.43 Å². The smallest absolute Gasteiger partial charge is 0.222 e. The summed E-state index contributed by atoms with van der Waals surface area (Å²) in [5.41, 5.74) is 9.09. The standard InChI is InChI=1S/C24H23N3O3/c1-16-6-10-18(11-7-16)12-15-22(30)24(25-19-13-8-17(2)9-14-19)27-26-23-20(28)4-3-5-21(23)29/h3-15,26,28-29H,1-2H3,(H,25,27)/b15-12+. The number of nitrogens with one attached hydrogen (secondary N) is 2. The molecule has 0 saturated heterocycles. The van der Waals surface area contributed by atoms with Gasteiger partial charge in [0.05, 0.1) is 5.69 Å². The maximum atomic E-state index is 12.8. The van der Waals surface area contributed by atoms with Gasteiger partial charge in [-0.15, -0.1) is 0 Å². The van der Waals surface area contributed by atoms with Crippen molar-refractivity contribution in [3.8, 4) is 11.5 Å². The molecule has 0 radical (unpaired) electrons. The Balaban J connectivity index is 1.85. The largest absolute Gasteiger partial charge is 0.506 e. The fourth-order valence-electron chi connectivity index (χ4n) is 2.60. The molecule has 0 fully saturated rings. The highest BCUT2D eigenvalue weighted by Crippen LogP contribution is 2.31. The molecule has 3 aromatic rings. The van der Waals surface area contributed by atoms with Gasteiger partial charge in [0.2, 0.25) is 5.78 Å². The van der Waals surface area contributed by atoms with Crippen LogP contribution in [0.25, 0.3) is 6.08 Å². The van der Waals surface area contributed by atoms with Crippen molar-refractivity contribution in [1.29, 1.82) is 0 Å². The van der Waals surface area contributed by atoms with E-state index in [9.17, 15) is 15.0 Å². The molecular formula is C24H23N3O3. The maximum absolute atomic E-state index is 12.8. The number of aromatic hydroxyl groups is 2. The number of hydrazine groups is 1. The summed E-state index contributed by atoms with van der Waals surface area (Å²) in [4.78, 5) is 17.2. The molecular weight excluding hydrogens is 378 g/mol. The molecule has 0 unspecified atom stereocenters. The normalized spacial score (nSPS) is 11.5. The van der Waals surface area contributed by atoms with E-state index in [0.29, 0.717) is 5.69 Å². The van der Waals surface area contributed by atoms with E-state index in [2.05, 4.69) is 15.8 Å². The molecule has 0 heterocycles. The Labute approximate surface area is 175 Å². The second-order valence-corrected chi connectivity index (χ2v) is 6.83. The minimum absolute atomic E-state index is 0.00451. The molecule has 0 aliphatic rings. The molecule has 0 atom stereocenters. The molecule has 0 spiro atoms. The van der Waals surface area contributed by atoms with Crippen molar-refractivity contribution in [3.05, 3.63) is 89.5 Å². The molecule has 0 aliphatic heterocycles. The molecule has 4 N–H and O–H groups in total. The van der Waals surface area contributed by atoms with Gasteiger partial charge in [-0.3, -0.25) is 15.6 Å². The zero-order chi connectivity index (χ0) is 21.5. The van der Waals surface area contributed by atoms with Gasteiger partial charge < -0.3 is 10.2 Å². The first-order valence-electron chi connectivity index (χ1n) is 9.40. The summed E-state index contributed by atoms with van der Waals surface area (Å²) in [6.45, 7) is 3.96. The first kappa shape index (κ1) is 20.7. The summed E-state index contributed by atoms with van der Waals surface area (Å²) in [6.07, 6.45) is 3.11. The molecule has 0 amide bonds. The number of benzene rings is 3. The van der Waals surface area contributed by atoms with E-state index in [0.717, 1.165) is 16.7 Å². The van der Waals surface area contributed by atoms with Gasteiger partial charge in [-0.25, -0.2) is 4.99 Å². The molecule has 3 aromatic carbocycles. The van der Waals surface area contributed by atoms with Gasteiger partial charge >= 0.3 is 0 Å². The average Bonchev–Trinajstić information content (AvgIpc) is 2.73. The summed E-state index contributed by atoms with van der Waals surface area (Å²) in [7, 11) is 0. The lowest BCUT2D eigenvalue weighted by molar-refractivity contribution is -0.109. The number of carbonyl (C=O) groups is 1. The highest BCUT2D eigenvalue weighted by molar-refractivity contribution is 6.44. The van der Waals surface area contributed by atoms with Crippen LogP contribution in [0.4, 0.5) is 11.4 Å². The lowest BCUT2D eigenvalue weighted by Gasteiger charge is -2.13. The van der Waals surface area contributed by atoms with Crippen LogP contribution in [0, 0.1) is 13.8 Å². The molecule has 3 rings (SSSR count). The van der Waals surface area contributed by atoms with Crippen LogP contribution in [0.3, 0.4) is 0 Å². The van der Waals surface area contributed by atoms with E-state index in [1.807, 2.05) is 50.2 Å². The van der Waals surface area contributed by atoms with Crippen molar-refractivity contribution >= 4 is 29.1 Å². The predicted octanol–water partition coefficient (Wildman–Crippen LogP) is 4.64. The third-order valence-corrected chi connectivity index (χ3v) is 4.34. The van der Waals surface area contributed by atoms with Crippen molar-refractivity contribution in [3.63, 3.8) is 0 Å². The minimum atomic E-state index is -0.376. The fourth-order valence-corrected chi connectivity index (χ4v) is 2.60. The zero-order valence-corrected chi connectivity index (χ0v) is 16.8. The predicted molar refractivity (Wildman–Crippen MR) is 120 cm³/mol. The number of aryl methyl sites for hydroxylation is 2. The van der Waals surface area contributed by atoms with Gasteiger partial charge in [-0.05, 0) is 49.8 Å². The highest BCUT2D eigenvalue weighted by Gasteiger charge is 2.12. The third kappa shape index (κ3) is 5.48. The second kappa shape index (κ2) is 9.43. The minimum Gasteiger partial charge on any atom is -0.506 e. The maximum Gasteiger partial charge on any atom is 0.222 e. The monoisotopic (exact) mass is 401 g/mol. The Bertz CT molecular complexity index is 1070. The number of phenolic OH excluding ortho intramolecular Hbond substituents is 2. The summed E-state index contributed by atoms with van der Waals surface area (Å²) in [5.74, 6) is -0.705. The SMILES string of the molecule is Cc1ccc(/C=C/C(=O)C(=Nc2ccc(C)cc2)NNc2c(O)cccc2O)cc1. The summed E-state index contributed by atoms with van der Waals surface area (Å²) >= 11 is 0. The molecule has 0 bridgehead atoms. The molecule has 6 heteroatoms. The lowest BCUT2D eigenvalue weighted by Crippen LogP contribution is -2.34. The Morgan fingerprint density at radius 2 is 1.43 bits per heavy atom. The van der Waals surface area contributed by atoms with Crippen molar-refractivity contribution in [2.45, 2.75) is 13.8 Å². The van der Waals surface area contributed by atoms with Crippen LogP contribution < -0.4 is 10.9 Å². The van der Waals surface area contributed by atoms with Gasteiger partial charge in [-0.1, -0.05) is 59.7 Å². The Morgan fingerprint density at radius 1 is 0.867 bits per heavy atom. The number of hydrogen-bond acceptors (Lipinski definition) is 5. The van der Waals surface area contributed by atoms with E-state index in [4.69, 9.17) is 0 Å². The van der Waals surface area contributed by atoms with Gasteiger partial charge in [0.15, 0.2) is 5.84 Å². The number of nitrogens with zero attached hydrogens (tertiary/aromatic N) is 1. The van der Waals surface area contributed by atoms with E-state index in [1.54, 1.807) is 18.2 Å². The first-order chi connectivity index (χ1) is 14.4. The summed E-state index contributed by atoms with van der Waals surface area (Å²) in [5, 5.41) is 19.9. The number of ketones is 1. The zero-order valence-electron chi connectivity index (χ0n) is 16.8. The Hall–Kier alpha value is -4.06. The van der Waals surface area contributed by atoms with Crippen LogP contribution in [-0.4, -0.2) is 21.8 Å². The van der Waals surface area contributed by atoms with Crippen LogP contribution in [0.15, 0.2) is 77.8 Å². The third-order valence-electron chi connectivity index (χ3n) is 4.34. The Kier molecular flexibility index (Phi) is 6.49. The van der Waals surface area contributed by atoms with Gasteiger partial charge in [0.25, 0.3) is 0 Å². The van der Waals surface area contributed by atoms with Crippen molar-refractivity contribution < 1.29 is 15.0 Å². The van der Waals surface area contributed by atoms with Crippen molar-refractivity contribution in [2.24, 2.45) is 4.99 Å². The number of anilines is 1. The molecule has 0 saturated carbocycles. The quantitative estimate of drug-likeness (QED) is 0.159. The van der Waals surface area contributed by atoms with Crippen LogP contribution in [-0.2, 0) is 4.79 Å². The van der Waals surface area contributed by atoms with Gasteiger partial charge in [-0.2, -0.15) is 0 Å². The summed E-state index contributed by atoms with van der Waals surface area (Å²) in [6, 6.07) is 19.5. The molecule has 30 heavy (non-hydrogen) atoms. The molecule has 6 nitrogen and oxygen atoms in total.